The number of Topliss-reactive ketones (excluding diaryl/α,β-unsaturated/α-hetero) is 1. The van der Waals surface area contributed by atoms with Crippen molar-refractivity contribution in [3.05, 3.63) is 58.6 Å². The highest BCUT2D eigenvalue weighted by Crippen LogP contribution is 2.21. The molecule has 0 aliphatic carbocycles. The molecule has 0 unspecified atom stereocenters. The summed E-state index contributed by atoms with van der Waals surface area (Å²) in [6.45, 7) is 2.39. The lowest BCUT2D eigenvalue weighted by Crippen LogP contribution is -2.24. The van der Waals surface area contributed by atoms with Gasteiger partial charge in [-0.05, 0) is 49.7 Å². The smallest absolute Gasteiger partial charge is 0.344 e. The van der Waals surface area contributed by atoms with Crippen molar-refractivity contribution in [3.8, 4) is 5.75 Å². The van der Waals surface area contributed by atoms with E-state index in [4.69, 9.17) is 21.1 Å². The first kappa shape index (κ1) is 19.5. The number of aryl methyl sites for hydroxylation is 1. The maximum Gasteiger partial charge on any atom is 0.344 e. The molecule has 2 aromatic carbocycles. The molecule has 2 rings (SSSR count). The van der Waals surface area contributed by atoms with Crippen LogP contribution in [0.4, 0.5) is 5.69 Å². The van der Waals surface area contributed by atoms with E-state index in [-0.39, 0.29) is 12.4 Å². The second kappa shape index (κ2) is 9.01. The first-order valence-electron chi connectivity index (χ1n) is 7.81. The molecule has 26 heavy (non-hydrogen) atoms. The largest absolute Gasteiger partial charge is 0.482 e. The molecule has 0 heterocycles. The van der Waals surface area contributed by atoms with Gasteiger partial charge in [0.15, 0.2) is 19.0 Å². The zero-order chi connectivity index (χ0) is 19.1. The number of ketones is 1. The predicted molar refractivity (Wildman–Crippen MR) is 97.7 cm³/mol. The molecule has 6 nitrogen and oxygen atoms in total. The maximum atomic E-state index is 11.9. The van der Waals surface area contributed by atoms with Gasteiger partial charge >= 0.3 is 5.97 Å². The summed E-state index contributed by atoms with van der Waals surface area (Å²) in [5.74, 6) is -0.903. The lowest BCUT2D eigenvalue weighted by Gasteiger charge is -2.11. The van der Waals surface area contributed by atoms with Gasteiger partial charge in [0, 0.05) is 10.6 Å². The second-order valence-electron chi connectivity index (χ2n) is 5.51. The Morgan fingerprint density at radius 2 is 1.81 bits per heavy atom. The first-order chi connectivity index (χ1) is 12.4. The molecule has 0 fully saturated rings. The third-order valence-corrected chi connectivity index (χ3v) is 3.66. The minimum Gasteiger partial charge on any atom is -0.482 e. The van der Waals surface area contributed by atoms with Crippen LogP contribution in [-0.4, -0.2) is 30.9 Å². The Balaban J connectivity index is 1.82. The van der Waals surface area contributed by atoms with Crippen molar-refractivity contribution in [1.29, 1.82) is 0 Å². The van der Waals surface area contributed by atoms with Crippen LogP contribution in [0.15, 0.2) is 42.5 Å². The number of halogens is 1. The van der Waals surface area contributed by atoms with Gasteiger partial charge in [0.25, 0.3) is 5.91 Å². The van der Waals surface area contributed by atoms with Gasteiger partial charge in [0.05, 0.1) is 5.69 Å². The van der Waals surface area contributed by atoms with E-state index in [2.05, 4.69) is 5.32 Å². The Hall–Kier alpha value is -2.86. The molecule has 7 heteroatoms. The zero-order valence-corrected chi connectivity index (χ0v) is 15.1. The van der Waals surface area contributed by atoms with Crippen molar-refractivity contribution in [3.63, 3.8) is 0 Å². The van der Waals surface area contributed by atoms with Crippen LogP contribution >= 0.6 is 11.6 Å². The molecule has 0 aromatic heterocycles. The minimum atomic E-state index is -0.686. The average molecular weight is 376 g/mol. The van der Waals surface area contributed by atoms with Crippen molar-refractivity contribution in [2.75, 3.05) is 18.5 Å². The summed E-state index contributed by atoms with van der Waals surface area (Å²) in [5, 5.41) is 3.11. The Morgan fingerprint density at radius 3 is 2.50 bits per heavy atom. The lowest BCUT2D eigenvalue weighted by molar-refractivity contribution is -0.149. The van der Waals surface area contributed by atoms with Crippen molar-refractivity contribution in [2.24, 2.45) is 0 Å². The fraction of sp³-hybridized carbons (Fsp3) is 0.211. The van der Waals surface area contributed by atoms with Crippen molar-refractivity contribution in [1.82, 2.24) is 0 Å². The molecule has 1 amide bonds. The molecule has 2 aromatic rings. The van der Waals surface area contributed by atoms with E-state index in [1.54, 1.807) is 49.4 Å². The molecule has 0 aliphatic heterocycles. The third-order valence-electron chi connectivity index (χ3n) is 3.43. The Morgan fingerprint density at radius 1 is 1.08 bits per heavy atom. The fourth-order valence-corrected chi connectivity index (χ4v) is 2.41. The number of ether oxygens (including phenoxy) is 2. The van der Waals surface area contributed by atoms with Gasteiger partial charge in [-0.25, -0.2) is 4.79 Å². The molecule has 0 spiro atoms. The standard InChI is InChI=1S/C19H18ClNO5/c1-12-9-14(20)7-8-17(12)25-11-19(24)26-10-18(23)21-16-6-4-3-5-15(16)13(2)22/h3-9H,10-11H2,1-2H3,(H,21,23). The summed E-state index contributed by atoms with van der Waals surface area (Å²) < 4.78 is 10.2. The van der Waals surface area contributed by atoms with Crippen LogP contribution in [0.5, 0.6) is 5.75 Å². The monoisotopic (exact) mass is 375 g/mol. The number of esters is 1. The topological polar surface area (TPSA) is 81.7 Å². The van der Waals surface area contributed by atoms with Gasteiger partial charge in [-0.15, -0.1) is 0 Å². The van der Waals surface area contributed by atoms with Gasteiger partial charge in [0.1, 0.15) is 5.75 Å². The van der Waals surface area contributed by atoms with Crippen LogP contribution in [0.3, 0.4) is 0 Å². The van der Waals surface area contributed by atoms with E-state index >= 15 is 0 Å². The molecule has 0 atom stereocenters. The van der Waals surface area contributed by atoms with Crippen LogP contribution in [0.1, 0.15) is 22.8 Å². The Kier molecular flexibility index (Phi) is 6.74. The number of nitrogens with one attached hydrogen (secondary N) is 1. The number of hydrogen-bond donors (Lipinski definition) is 1. The van der Waals surface area contributed by atoms with Gasteiger partial charge in [-0.3, -0.25) is 9.59 Å². The number of benzene rings is 2. The summed E-state index contributed by atoms with van der Waals surface area (Å²) in [7, 11) is 0. The van der Waals surface area contributed by atoms with E-state index in [1.807, 2.05) is 0 Å². The number of carbonyl (C=O) groups is 3. The number of amides is 1. The zero-order valence-electron chi connectivity index (χ0n) is 14.4. The summed E-state index contributed by atoms with van der Waals surface area (Å²) in [6.07, 6.45) is 0. The Bertz CT molecular complexity index is 834. The molecule has 136 valence electrons. The van der Waals surface area contributed by atoms with E-state index in [0.717, 1.165) is 5.56 Å². The first-order valence-corrected chi connectivity index (χ1v) is 8.19. The van der Waals surface area contributed by atoms with Crippen LogP contribution in [0.2, 0.25) is 5.02 Å². The van der Waals surface area contributed by atoms with Gasteiger partial charge < -0.3 is 14.8 Å². The maximum absolute atomic E-state index is 11.9. The average Bonchev–Trinajstić information content (AvgIpc) is 2.59. The van der Waals surface area contributed by atoms with Crippen LogP contribution < -0.4 is 10.1 Å². The number of hydrogen-bond acceptors (Lipinski definition) is 5. The van der Waals surface area contributed by atoms with Crippen LogP contribution in [-0.2, 0) is 14.3 Å². The number of rotatable bonds is 7. The summed E-state index contributed by atoms with van der Waals surface area (Å²) in [4.78, 5) is 35.1. The van der Waals surface area contributed by atoms with E-state index in [0.29, 0.717) is 22.0 Å². The molecule has 0 saturated heterocycles. The highest BCUT2D eigenvalue weighted by atomic mass is 35.5. The molecular formula is C19H18ClNO5. The number of para-hydroxylation sites is 1. The highest BCUT2D eigenvalue weighted by molar-refractivity contribution is 6.30. The molecule has 0 radical (unpaired) electrons. The SMILES string of the molecule is CC(=O)c1ccccc1NC(=O)COC(=O)COc1ccc(Cl)cc1C. The Labute approximate surface area is 156 Å². The number of anilines is 1. The predicted octanol–water partition coefficient (Wildman–Crippen LogP) is 3.41. The summed E-state index contributed by atoms with van der Waals surface area (Å²) >= 11 is 5.85. The van der Waals surface area contributed by atoms with Crippen molar-refractivity contribution < 1.29 is 23.9 Å². The summed E-state index contributed by atoms with van der Waals surface area (Å²) in [6, 6.07) is 11.6. The molecular weight excluding hydrogens is 358 g/mol. The second-order valence-corrected chi connectivity index (χ2v) is 5.95. The minimum absolute atomic E-state index is 0.176. The van der Waals surface area contributed by atoms with E-state index in [9.17, 15) is 14.4 Å². The summed E-state index contributed by atoms with van der Waals surface area (Å²) in [5.41, 5.74) is 1.53. The fourth-order valence-electron chi connectivity index (χ4n) is 2.18. The van der Waals surface area contributed by atoms with Gasteiger partial charge in [0.2, 0.25) is 0 Å². The third kappa shape index (κ3) is 5.60. The molecule has 0 aliphatic rings. The van der Waals surface area contributed by atoms with Crippen LogP contribution in [0.25, 0.3) is 0 Å². The van der Waals surface area contributed by atoms with E-state index < -0.39 is 18.5 Å². The van der Waals surface area contributed by atoms with E-state index in [1.165, 1.54) is 6.92 Å². The quantitative estimate of drug-likeness (QED) is 0.592. The highest BCUT2D eigenvalue weighted by Gasteiger charge is 2.12. The molecule has 0 saturated carbocycles. The van der Waals surface area contributed by atoms with Gasteiger partial charge in [-0.1, -0.05) is 23.7 Å². The number of carbonyl (C=O) groups excluding carboxylic acids is 3. The van der Waals surface area contributed by atoms with Crippen molar-refractivity contribution in [2.45, 2.75) is 13.8 Å². The molecule has 1 N–H and O–H groups in total. The van der Waals surface area contributed by atoms with Crippen LogP contribution in [0, 0.1) is 6.92 Å². The van der Waals surface area contributed by atoms with Crippen molar-refractivity contribution >= 4 is 34.9 Å². The molecule has 0 bridgehead atoms. The lowest BCUT2D eigenvalue weighted by atomic mass is 10.1. The van der Waals surface area contributed by atoms with Gasteiger partial charge in [-0.2, -0.15) is 0 Å². The normalized spacial score (nSPS) is 10.1.